The molecule has 2 amide bonds. The zero-order valence-corrected chi connectivity index (χ0v) is 19.0. The maximum absolute atomic E-state index is 12.5. The van der Waals surface area contributed by atoms with Gasteiger partial charge in [0.15, 0.2) is 6.61 Å². The summed E-state index contributed by atoms with van der Waals surface area (Å²) in [6.07, 6.45) is 1.41. The second kappa shape index (κ2) is 11.1. The molecule has 0 saturated carbocycles. The number of nitriles is 1. The lowest BCUT2D eigenvalue weighted by atomic mass is 10.1. The van der Waals surface area contributed by atoms with Gasteiger partial charge in [-0.25, -0.2) is 0 Å². The quantitative estimate of drug-likeness (QED) is 0.317. The Bertz CT molecular complexity index is 1190. The summed E-state index contributed by atoms with van der Waals surface area (Å²) in [4.78, 5) is 24.7. The summed E-state index contributed by atoms with van der Waals surface area (Å²) in [5.41, 5.74) is 1.52. The van der Waals surface area contributed by atoms with E-state index >= 15 is 0 Å². The normalized spacial score (nSPS) is 10.7. The number of amides is 2. The van der Waals surface area contributed by atoms with E-state index in [-0.39, 0.29) is 18.1 Å². The van der Waals surface area contributed by atoms with Crippen LogP contribution in [0.15, 0.2) is 82.8 Å². The van der Waals surface area contributed by atoms with Crippen molar-refractivity contribution in [2.24, 2.45) is 0 Å². The molecular weight excluding hydrogens is 494 g/mol. The average Bonchev–Trinajstić information content (AvgIpc) is 2.79. The van der Waals surface area contributed by atoms with Crippen LogP contribution >= 0.6 is 27.5 Å². The van der Waals surface area contributed by atoms with Gasteiger partial charge >= 0.3 is 0 Å². The van der Waals surface area contributed by atoms with Gasteiger partial charge in [0.2, 0.25) is 0 Å². The molecular formula is C24H17BrClN3O3. The molecule has 0 unspecified atom stereocenters. The van der Waals surface area contributed by atoms with Gasteiger partial charge in [0.25, 0.3) is 11.8 Å². The zero-order chi connectivity index (χ0) is 22.9. The second-order valence-corrected chi connectivity index (χ2v) is 7.87. The van der Waals surface area contributed by atoms with E-state index in [9.17, 15) is 14.9 Å². The van der Waals surface area contributed by atoms with E-state index in [1.165, 1.54) is 6.08 Å². The number of nitrogens with zero attached hydrogens (tertiary/aromatic N) is 1. The summed E-state index contributed by atoms with van der Waals surface area (Å²) in [6, 6.07) is 22.5. The van der Waals surface area contributed by atoms with E-state index in [2.05, 4.69) is 26.6 Å². The van der Waals surface area contributed by atoms with Gasteiger partial charge in [0, 0.05) is 26.4 Å². The van der Waals surface area contributed by atoms with E-state index in [0.29, 0.717) is 27.7 Å². The van der Waals surface area contributed by atoms with Crippen molar-refractivity contribution < 1.29 is 14.3 Å². The van der Waals surface area contributed by atoms with Crippen LogP contribution in [0.5, 0.6) is 5.75 Å². The van der Waals surface area contributed by atoms with Crippen LogP contribution in [0, 0.1) is 11.3 Å². The number of ether oxygens (including phenoxy) is 1. The summed E-state index contributed by atoms with van der Waals surface area (Å²) < 4.78 is 6.37. The number of hydrogen-bond acceptors (Lipinski definition) is 4. The Morgan fingerprint density at radius 2 is 1.69 bits per heavy atom. The van der Waals surface area contributed by atoms with Gasteiger partial charge in [-0.3, -0.25) is 9.59 Å². The molecule has 8 heteroatoms. The van der Waals surface area contributed by atoms with Crippen molar-refractivity contribution in [3.8, 4) is 11.8 Å². The van der Waals surface area contributed by atoms with Gasteiger partial charge in [0.05, 0.1) is 0 Å². The maximum atomic E-state index is 12.5. The predicted octanol–water partition coefficient (Wildman–Crippen LogP) is 5.67. The number of nitrogens with one attached hydrogen (secondary N) is 2. The fourth-order valence-corrected chi connectivity index (χ4v) is 3.17. The number of carbonyl (C=O) groups excluding carboxylic acids is 2. The van der Waals surface area contributed by atoms with Crippen molar-refractivity contribution in [2.45, 2.75) is 0 Å². The minimum absolute atomic E-state index is 0.109. The van der Waals surface area contributed by atoms with Gasteiger partial charge in [-0.05, 0) is 60.7 Å². The van der Waals surface area contributed by atoms with Gasteiger partial charge in [-0.15, -0.1) is 0 Å². The van der Waals surface area contributed by atoms with E-state index in [1.54, 1.807) is 66.7 Å². The Morgan fingerprint density at radius 3 is 2.38 bits per heavy atom. The molecule has 3 aromatic rings. The van der Waals surface area contributed by atoms with E-state index in [1.807, 2.05) is 12.1 Å². The van der Waals surface area contributed by atoms with E-state index < -0.39 is 5.91 Å². The molecule has 0 aliphatic carbocycles. The number of para-hydroxylation sites is 1. The molecule has 3 aromatic carbocycles. The summed E-state index contributed by atoms with van der Waals surface area (Å²) in [7, 11) is 0. The number of halogens is 2. The van der Waals surface area contributed by atoms with Crippen LogP contribution in [0.3, 0.4) is 0 Å². The number of hydrogen-bond donors (Lipinski definition) is 2. The topological polar surface area (TPSA) is 91.2 Å². The molecule has 0 aliphatic rings. The first-order chi connectivity index (χ1) is 15.4. The van der Waals surface area contributed by atoms with Crippen molar-refractivity contribution >= 4 is 56.8 Å². The van der Waals surface area contributed by atoms with Gasteiger partial charge in [-0.1, -0.05) is 45.7 Å². The SMILES string of the molecule is N#C/C(=C\c1cc(Br)ccc1OCC(=O)Nc1ccc(Cl)cc1)C(=O)Nc1ccccc1. The van der Waals surface area contributed by atoms with Crippen LogP contribution in [0.4, 0.5) is 11.4 Å². The monoisotopic (exact) mass is 509 g/mol. The van der Waals surface area contributed by atoms with Crippen LogP contribution < -0.4 is 15.4 Å². The molecule has 0 spiro atoms. The predicted molar refractivity (Wildman–Crippen MR) is 128 cm³/mol. The van der Waals surface area contributed by atoms with Crippen molar-refractivity contribution in [2.75, 3.05) is 17.2 Å². The highest BCUT2D eigenvalue weighted by Crippen LogP contribution is 2.26. The largest absolute Gasteiger partial charge is 0.483 e. The van der Waals surface area contributed by atoms with Crippen LogP contribution in [-0.4, -0.2) is 18.4 Å². The minimum atomic E-state index is -0.551. The second-order valence-electron chi connectivity index (χ2n) is 6.52. The molecule has 160 valence electrons. The molecule has 0 fully saturated rings. The smallest absolute Gasteiger partial charge is 0.266 e. The molecule has 0 aromatic heterocycles. The number of anilines is 2. The average molecular weight is 511 g/mol. The highest BCUT2D eigenvalue weighted by atomic mass is 79.9. The van der Waals surface area contributed by atoms with Crippen LogP contribution in [-0.2, 0) is 9.59 Å². The molecule has 0 aliphatic heterocycles. The minimum Gasteiger partial charge on any atom is -0.483 e. The maximum Gasteiger partial charge on any atom is 0.266 e. The van der Waals surface area contributed by atoms with Crippen molar-refractivity contribution in [3.05, 3.63) is 93.4 Å². The van der Waals surface area contributed by atoms with Gasteiger partial charge in [0.1, 0.15) is 17.4 Å². The molecule has 2 N–H and O–H groups in total. The summed E-state index contributed by atoms with van der Waals surface area (Å²) in [6.45, 7) is -0.261. The Morgan fingerprint density at radius 1 is 1.00 bits per heavy atom. The first-order valence-electron chi connectivity index (χ1n) is 9.40. The summed E-state index contributed by atoms with van der Waals surface area (Å²) >= 11 is 9.21. The first kappa shape index (κ1) is 23.1. The summed E-state index contributed by atoms with van der Waals surface area (Å²) in [5, 5.41) is 15.4. The molecule has 0 heterocycles. The number of rotatable bonds is 7. The van der Waals surface area contributed by atoms with Gasteiger partial charge in [-0.2, -0.15) is 5.26 Å². The molecule has 6 nitrogen and oxygen atoms in total. The van der Waals surface area contributed by atoms with Crippen LogP contribution in [0.25, 0.3) is 6.08 Å². The molecule has 0 bridgehead atoms. The highest BCUT2D eigenvalue weighted by molar-refractivity contribution is 9.10. The molecule has 0 atom stereocenters. The molecule has 32 heavy (non-hydrogen) atoms. The van der Waals surface area contributed by atoms with E-state index in [0.717, 1.165) is 4.47 Å². The van der Waals surface area contributed by atoms with Gasteiger partial charge < -0.3 is 15.4 Å². The molecule has 0 saturated heterocycles. The zero-order valence-electron chi connectivity index (χ0n) is 16.6. The van der Waals surface area contributed by atoms with Crippen LogP contribution in [0.1, 0.15) is 5.56 Å². The Balaban J connectivity index is 1.73. The van der Waals surface area contributed by atoms with Crippen LogP contribution in [0.2, 0.25) is 5.02 Å². The lowest BCUT2D eigenvalue weighted by Gasteiger charge is -2.11. The lowest BCUT2D eigenvalue weighted by Crippen LogP contribution is -2.20. The Kier molecular flexibility index (Phi) is 8.03. The van der Waals surface area contributed by atoms with Crippen molar-refractivity contribution in [1.82, 2.24) is 0 Å². The number of carbonyl (C=O) groups is 2. The Labute approximate surface area is 198 Å². The Hall–Kier alpha value is -3.60. The summed E-state index contributed by atoms with van der Waals surface area (Å²) in [5.74, 6) is -0.572. The molecule has 3 rings (SSSR count). The third-order valence-electron chi connectivity index (χ3n) is 4.16. The lowest BCUT2D eigenvalue weighted by molar-refractivity contribution is -0.118. The van der Waals surface area contributed by atoms with Crippen molar-refractivity contribution in [3.63, 3.8) is 0 Å². The first-order valence-corrected chi connectivity index (χ1v) is 10.6. The highest BCUT2D eigenvalue weighted by Gasteiger charge is 2.13. The van der Waals surface area contributed by atoms with Crippen molar-refractivity contribution in [1.29, 1.82) is 5.26 Å². The standard InChI is InChI=1S/C24H17BrClN3O3/c25-18-6-11-22(32-15-23(30)28-21-9-7-19(26)8-10-21)16(13-18)12-17(14-27)24(31)29-20-4-2-1-3-5-20/h1-13H,15H2,(H,28,30)(H,29,31)/b17-12+. The number of benzene rings is 3. The third kappa shape index (κ3) is 6.71. The molecule has 0 radical (unpaired) electrons. The fraction of sp³-hybridized carbons (Fsp3) is 0.0417. The van der Waals surface area contributed by atoms with E-state index in [4.69, 9.17) is 16.3 Å². The fourth-order valence-electron chi connectivity index (χ4n) is 2.66. The third-order valence-corrected chi connectivity index (χ3v) is 4.90.